The van der Waals surface area contributed by atoms with E-state index >= 15 is 0 Å². The minimum Gasteiger partial charge on any atom is -0.212 e. The number of halogens is 2. The summed E-state index contributed by atoms with van der Waals surface area (Å²) < 4.78 is 25.6. The molecule has 168 valence electrons. The highest BCUT2D eigenvalue weighted by molar-refractivity contribution is 6.78. The first-order valence-corrected chi connectivity index (χ1v) is 15.7. The van der Waals surface area contributed by atoms with Crippen molar-refractivity contribution in [2.75, 3.05) is 0 Å². The maximum atomic E-state index is 13.3. The molecular formula is C27H42F2Si. The lowest BCUT2D eigenvalue weighted by Gasteiger charge is -2.41. The molecule has 3 heteroatoms. The molecule has 0 aromatic heterocycles. The second-order valence-corrected chi connectivity index (χ2v) is 15.7. The Hall–Kier alpha value is -0.963. The lowest BCUT2D eigenvalue weighted by atomic mass is 9.73. The molecule has 0 amide bonds. The maximum absolute atomic E-state index is 13.3. The van der Waals surface area contributed by atoms with E-state index in [-0.39, 0.29) is 6.33 Å². The van der Waals surface area contributed by atoms with E-state index in [0.29, 0.717) is 5.56 Å². The van der Waals surface area contributed by atoms with Crippen molar-refractivity contribution in [1.82, 2.24) is 0 Å². The summed E-state index contributed by atoms with van der Waals surface area (Å²) >= 11 is 0. The molecule has 0 nitrogen and oxygen atoms in total. The molecule has 2 aliphatic rings. The third-order valence-corrected chi connectivity index (χ3v) is 12.9. The highest BCUT2D eigenvalue weighted by Gasteiger charge is 2.36. The van der Waals surface area contributed by atoms with Crippen molar-refractivity contribution < 1.29 is 8.78 Å². The maximum Gasteiger partial charge on any atom is 0.158 e. The second kappa shape index (κ2) is 11.6. The Kier molecular flexibility index (Phi) is 9.16. The largest absolute Gasteiger partial charge is 0.212 e. The minimum absolute atomic E-state index is 0.0366. The van der Waals surface area contributed by atoms with Crippen LogP contribution >= 0.6 is 0 Å². The van der Waals surface area contributed by atoms with Gasteiger partial charge in [-0.2, -0.15) is 0 Å². The van der Waals surface area contributed by atoms with Crippen molar-refractivity contribution in [3.63, 3.8) is 0 Å². The van der Waals surface area contributed by atoms with E-state index in [1.807, 2.05) is 12.1 Å². The van der Waals surface area contributed by atoms with Crippen LogP contribution in [0.5, 0.6) is 0 Å². The van der Waals surface area contributed by atoms with Crippen LogP contribution in [0.25, 0.3) is 5.83 Å². The van der Waals surface area contributed by atoms with E-state index in [1.54, 1.807) is 30.3 Å². The first-order valence-electron chi connectivity index (χ1n) is 12.6. The van der Waals surface area contributed by atoms with Crippen molar-refractivity contribution in [3.8, 4) is 0 Å². The number of aryl methyl sites for hydroxylation is 1. The van der Waals surface area contributed by atoms with Crippen LogP contribution in [-0.4, -0.2) is 8.07 Å². The van der Waals surface area contributed by atoms with Crippen molar-refractivity contribution in [1.29, 1.82) is 0 Å². The van der Waals surface area contributed by atoms with Gasteiger partial charge in [0.25, 0.3) is 0 Å². The van der Waals surface area contributed by atoms with Gasteiger partial charge in [0.15, 0.2) is 5.83 Å². The van der Waals surface area contributed by atoms with Gasteiger partial charge < -0.3 is 0 Å². The van der Waals surface area contributed by atoms with E-state index in [1.165, 1.54) is 69.8 Å². The molecule has 1 aromatic rings. The number of hydrogen-bond acceptors (Lipinski definition) is 0. The van der Waals surface area contributed by atoms with Gasteiger partial charge in [-0.15, -0.1) is 0 Å². The molecule has 3 rings (SSSR count). The SMILES string of the molecule is CCCCC[Si@]1(C)CC[C@@H](C2CCC(CCc3ccc(C(F)=CF)cc3)CC2)CC1. The van der Waals surface area contributed by atoms with E-state index in [9.17, 15) is 8.78 Å². The van der Waals surface area contributed by atoms with Crippen LogP contribution in [-0.2, 0) is 6.42 Å². The third-order valence-electron chi connectivity index (χ3n) is 8.35. The summed E-state index contributed by atoms with van der Waals surface area (Å²) in [6.45, 7) is 5.01. The molecule has 0 spiro atoms. The Morgan fingerprint density at radius 2 is 1.60 bits per heavy atom. The average molecular weight is 433 g/mol. The number of hydrogen-bond donors (Lipinski definition) is 0. The molecule has 0 bridgehead atoms. The van der Waals surface area contributed by atoms with Crippen molar-refractivity contribution >= 4 is 13.9 Å². The first kappa shape index (κ1) is 23.7. The molecule has 0 unspecified atom stereocenters. The quantitative estimate of drug-likeness (QED) is 0.269. The molecule has 30 heavy (non-hydrogen) atoms. The van der Waals surface area contributed by atoms with Gasteiger partial charge in [-0.05, 0) is 49.0 Å². The molecule has 0 radical (unpaired) electrons. The zero-order chi connectivity index (χ0) is 21.4. The van der Waals surface area contributed by atoms with Crippen molar-refractivity contribution in [3.05, 3.63) is 41.7 Å². The van der Waals surface area contributed by atoms with Gasteiger partial charge in [0.2, 0.25) is 0 Å². The van der Waals surface area contributed by atoms with Gasteiger partial charge >= 0.3 is 0 Å². The van der Waals surface area contributed by atoms with Gasteiger partial charge in [-0.25, -0.2) is 8.78 Å². The van der Waals surface area contributed by atoms with Crippen LogP contribution in [0.4, 0.5) is 8.78 Å². The molecule has 1 heterocycles. The number of rotatable bonds is 9. The highest BCUT2D eigenvalue weighted by atomic mass is 28.3. The summed E-state index contributed by atoms with van der Waals surface area (Å²) in [6.07, 6.45) is 15.3. The Bertz CT molecular complexity index is 650. The van der Waals surface area contributed by atoms with Crippen LogP contribution < -0.4 is 0 Å². The monoisotopic (exact) mass is 432 g/mol. The standard InChI is InChI=1S/C27H42F2Si/c1-3-4-5-18-30(2)19-16-25(17-20-30)24-12-8-22(9-13-24)6-7-23-10-14-26(15-11-23)27(29)21-28/h10-11,14-15,21-22,24-25H,3-9,12-13,16-20H2,1-2H3/t22?,24?,25-,30-. The lowest BCUT2D eigenvalue weighted by molar-refractivity contribution is 0.185. The predicted octanol–water partition coefficient (Wildman–Crippen LogP) is 9.34. The van der Waals surface area contributed by atoms with Gasteiger partial charge in [-0.3, -0.25) is 0 Å². The fourth-order valence-electron chi connectivity index (χ4n) is 6.07. The van der Waals surface area contributed by atoms with Crippen LogP contribution in [0.1, 0.15) is 82.3 Å². The van der Waals surface area contributed by atoms with Gasteiger partial charge in [0.1, 0.15) is 6.33 Å². The summed E-state index contributed by atoms with van der Waals surface area (Å²) in [5.41, 5.74) is 1.57. The Balaban J connectivity index is 1.36. The van der Waals surface area contributed by atoms with Crippen LogP contribution in [0, 0.1) is 17.8 Å². The summed E-state index contributed by atoms with van der Waals surface area (Å²) in [7, 11) is -0.904. The third kappa shape index (κ3) is 6.77. The van der Waals surface area contributed by atoms with E-state index in [4.69, 9.17) is 0 Å². The Morgan fingerprint density at radius 1 is 0.967 bits per heavy atom. The lowest BCUT2D eigenvalue weighted by Crippen LogP contribution is -2.37. The summed E-state index contributed by atoms with van der Waals surface area (Å²) in [5.74, 6) is 2.07. The van der Waals surface area contributed by atoms with E-state index < -0.39 is 13.9 Å². The average Bonchev–Trinajstić information content (AvgIpc) is 2.78. The molecule has 0 N–H and O–H groups in total. The topological polar surface area (TPSA) is 0 Å². The molecule has 1 aromatic carbocycles. The molecule has 1 aliphatic carbocycles. The normalized spacial score (nSPS) is 30.4. The fourth-order valence-corrected chi connectivity index (χ4v) is 10.1. The van der Waals surface area contributed by atoms with Crippen LogP contribution in [0.3, 0.4) is 0 Å². The second-order valence-electron chi connectivity index (χ2n) is 10.6. The molecule has 1 aliphatic heterocycles. The summed E-state index contributed by atoms with van der Waals surface area (Å²) in [5, 5.41) is 0. The highest BCUT2D eigenvalue weighted by Crippen LogP contribution is 2.44. The van der Waals surface area contributed by atoms with Crippen LogP contribution in [0.15, 0.2) is 30.6 Å². The first-order chi connectivity index (χ1) is 14.5. The van der Waals surface area contributed by atoms with E-state index in [0.717, 1.165) is 24.2 Å². The minimum atomic E-state index is -0.904. The van der Waals surface area contributed by atoms with Crippen molar-refractivity contribution in [2.24, 2.45) is 17.8 Å². The summed E-state index contributed by atoms with van der Waals surface area (Å²) in [6, 6.07) is 12.1. The zero-order valence-corrected chi connectivity index (χ0v) is 20.3. The molecule has 1 saturated carbocycles. The van der Waals surface area contributed by atoms with E-state index in [2.05, 4.69) is 13.5 Å². The molecule has 2 fully saturated rings. The Morgan fingerprint density at radius 3 is 2.20 bits per heavy atom. The van der Waals surface area contributed by atoms with Gasteiger partial charge in [0, 0.05) is 5.56 Å². The molecule has 1 saturated heterocycles. The smallest absolute Gasteiger partial charge is 0.158 e. The number of unbranched alkanes of at least 4 members (excludes halogenated alkanes) is 2. The zero-order valence-electron chi connectivity index (χ0n) is 19.3. The van der Waals surface area contributed by atoms with Crippen molar-refractivity contribution in [2.45, 2.75) is 102 Å². The molecular weight excluding hydrogens is 390 g/mol. The summed E-state index contributed by atoms with van der Waals surface area (Å²) in [4.78, 5) is 0. The van der Waals surface area contributed by atoms with Gasteiger partial charge in [-0.1, -0.05) is 101 Å². The Labute approximate surface area is 184 Å². The molecule has 0 atom stereocenters. The number of benzene rings is 1. The van der Waals surface area contributed by atoms with Crippen LogP contribution in [0.2, 0.25) is 24.7 Å². The fraction of sp³-hybridized carbons (Fsp3) is 0.704. The van der Waals surface area contributed by atoms with Gasteiger partial charge in [0.05, 0.1) is 8.07 Å². The predicted molar refractivity (Wildman–Crippen MR) is 129 cm³/mol.